The lowest BCUT2D eigenvalue weighted by atomic mass is 9.98. The standard InChI is InChI=1S/C23H15NO2/c25-21-10-9-18-16-6-1-2-7-17(16)19(22(18)23(21)26)13-14-11-12-24-20-8-4-3-5-15(14)20/h1-13,25-26H/b19-13+. The predicted octanol–water partition coefficient (Wildman–Crippen LogP) is 5.22. The molecule has 0 saturated heterocycles. The number of fused-ring (bicyclic) bond motifs is 4. The van der Waals surface area contributed by atoms with Gasteiger partial charge in [0.2, 0.25) is 0 Å². The van der Waals surface area contributed by atoms with Gasteiger partial charge in [0.05, 0.1) is 5.52 Å². The monoisotopic (exact) mass is 337 g/mol. The van der Waals surface area contributed by atoms with E-state index in [4.69, 9.17) is 0 Å². The van der Waals surface area contributed by atoms with Crippen LogP contribution < -0.4 is 0 Å². The van der Waals surface area contributed by atoms with Crippen LogP contribution in [0.1, 0.15) is 16.7 Å². The van der Waals surface area contributed by atoms with Gasteiger partial charge in [0.15, 0.2) is 11.5 Å². The van der Waals surface area contributed by atoms with E-state index in [1.807, 2.05) is 60.7 Å². The largest absolute Gasteiger partial charge is 0.504 e. The number of hydrogen-bond donors (Lipinski definition) is 2. The number of benzene rings is 3. The summed E-state index contributed by atoms with van der Waals surface area (Å²) in [7, 11) is 0. The summed E-state index contributed by atoms with van der Waals surface area (Å²) in [5.41, 5.74) is 6.56. The quantitative estimate of drug-likeness (QED) is 0.413. The highest BCUT2D eigenvalue weighted by molar-refractivity contribution is 6.10. The second kappa shape index (κ2) is 5.46. The fourth-order valence-electron chi connectivity index (χ4n) is 3.71. The van der Waals surface area contributed by atoms with E-state index in [0.717, 1.165) is 38.7 Å². The van der Waals surface area contributed by atoms with E-state index in [9.17, 15) is 10.2 Å². The third kappa shape index (κ3) is 2.04. The third-order valence-corrected chi connectivity index (χ3v) is 4.92. The maximum Gasteiger partial charge on any atom is 0.166 e. The summed E-state index contributed by atoms with van der Waals surface area (Å²) in [5, 5.41) is 21.6. The minimum Gasteiger partial charge on any atom is -0.504 e. The van der Waals surface area contributed by atoms with Crippen molar-refractivity contribution in [3.05, 3.63) is 89.6 Å². The lowest BCUT2D eigenvalue weighted by molar-refractivity contribution is 0.403. The number of hydrogen-bond acceptors (Lipinski definition) is 3. The van der Waals surface area contributed by atoms with Gasteiger partial charge >= 0.3 is 0 Å². The van der Waals surface area contributed by atoms with Crippen LogP contribution in [0.4, 0.5) is 0 Å². The number of para-hydroxylation sites is 1. The summed E-state index contributed by atoms with van der Waals surface area (Å²) in [4.78, 5) is 4.42. The van der Waals surface area contributed by atoms with Gasteiger partial charge in [-0.3, -0.25) is 4.98 Å². The van der Waals surface area contributed by atoms with Crippen LogP contribution in [0.3, 0.4) is 0 Å². The van der Waals surface area contributed by atoms with Crippen LogP contribution in [0.5, 0.6) is 11.5 Å². The molecule has 0 amide bonds. The molecule has 0 spiro atoms. The average Bonchev–Trinajstić information content (AvgIpc) is 2.99. The molecule has 124 valence electrons. The highest BCUT2D eigenvalue weighted by Gasteiger charge is 2.27. The van der Waals surface area contributed by atoms with Crippen molar-refractivity contribution in [2.24, 2.45) is 0 Å². The number of pyridine rings is 1. The Hall–Kier alpha value is -3.59. The van der Waals surface area contributed by atoms with E-state index in [1.165, 1.54) is 6.07 Å². The molecule has 0 saturated carbocycles. The number of aromatic nitrogens is 1. The van der Waals surface area contributed by atoms with Gasteiger partial charge in [0.25, 0.3) is 0 Å². The zero-order valence-corrected chi connectivity index (χ0v) is 13.8. The summed E-state index contributed by atoms with van der Waals surface area (Å²) in [6.45, 7) is 0. The van der Waals surface area contributed by atoms with Gasteiger partial charge in [-0.15, -0.1) is 0 Å². The summed E-state index contributed by atoms with van der Waals surface area (Å²) in [5.74, 6) is -0.189. The molecule has 2 N–H and O–H groups in total. The lowest BCUT2D eigenvalue weighted by Gasteiger charge is -2.08. The summed E-state index contributed by atoms with van der Waals surface area (Å²) < 4.78 is 0. The van der Waals surface area contributed by atoms with Crippen LogP contribution in [0.25, 0.3) is 33.7 Å². The molecule has 3 nitrogen and oxygen atoms in total. The summed E-state index contributed by atoms with van der Waals surface area (Å²) in [6, 6.07) is 21.4. The third-order valence-electron chi connectivity index (χ3n) is 4.92. The van der Waals surface area contributed by atoms with Crippen LogP contribution >= 0.6 is 0 Å². The zero-order chi connectivity index (χ0) is 17.7. The van der Waals surface area contributed by atoms with Gasteiger partial charge < -0.3 is 10.2 Å². The Morgan fingerprint density at radius 1 is 0.731 bits per heavy atom. The smallest absolute Gasteiger partial charge is 0.166 e. The maximum absolute atomic E-state index is 10.5. The Bertz CT molecular complexity index is 1200. The molecule has 3 heteroatoms. The number of phenols is 2. The molecular formula is C23H15NO2. The maximum atomic E-state index is 10.5. The first-order chi connectivity index (χ1) is 12.7. The Balaban J connectivity index is 1.85. The molecule has 5 rings (SSSR count). The van der Waals surface area contributed by atoms with Crippen molar-refractivity contribution in [1.82, 2.24) is 4.98 Å². The summed E-state index contributed by atoms with van der Waals surface area (Å²) >= 11 is 0. The van der Waals surface area contributed by atoms with E-state index in [2.05, 4.69) is 11.1 Å². The number of phenolic OH excluding ortho intramolecular Hbond substituents is 2. The topological polar surface area (TPSA) is 53.4 Å². The van der Waals surface area contributed by atoms with Crippen molar-refractivity contribution in [2.75, 3.05) is 0 Å². The minimum absolute atomic E-state index is 0.0803. The van der Waals surface area contributed by atoms with Crippen LogP contribution in [0, 0.1) is 0 Å². The van der Waals surface area contributed by atoms with Crippen molar-refractivity contribution in [2.45, 2.75) is 0 Å². The molecule has 0 bridgehead atoms. The van der Waals surface area contributed by atoms with Crippen molar-refractivity contribution < 1.29 is 10.2 Å². The van der Waals surface area contributed by atoms with Gasteiger partial charge in [0.1, 0.15) is 0 Å². The fraction of sp³-hybridized carbons (Fsp3) is 0. The van der Waals surface area contributed by atoms with Crippen molar-refractivity contribution in [3.63, 3.8) is 0 Å². The highest BCUT2D eigenvalue weighted by Crippen LogP contribution is 2.51. The van der Waals surface area contributed by atoms with Crippen LogP contribution in [-0.2, 0) is 0 Å². The minimum atomic E-state index is -0.109. The molecule has 0 atom stereocenters. The molecule has 1 aromatic heterocycles. The molecule has 1 aliphatic rings. The van der Waals surface area contributed by atoms with Crippen molar-refractivity contribution >= 4 is 22.6 Å². The first kappa shape index (κ1) is 14.7. The molecule has 0 fully saturated rings. The average molecular weight is 337 g/mol. The van der Waals surface area contributed by atoms with E-state index >= 15 is 0 Å². The van der Waals surface area contributed by atoms with E-state index in [-0.39, 0.29) is 11.5 Å². The molecular weight excluding hydrogens is 322 g/mol. The molecule has 26 heavy (non-hydrogen) atoms. The number of nitrogens with zero attached hydrogens (tertiary/aromatic N) is 1. The lowest BCUT2D eigenvalue weighted by Crippen LogP contribution is -1.86. The molecule has 3 aromatic carbocycles. The van der Waals surface area contributed by atoms with Crippen molar-refractivity contribution in [3.8, 4) is 22.6 Å². The molecule has 4 aromatic rings. The highest BCUT2D eigenvalue weighted by atomic mass is 16.3. The van der Waals surface area contributed by atoms with Crippen LogP contribution in [-0.4, -0.2) is 15.2 Å². The fourth-order valence-corrected chi connectivity index (χ4v) is 3.71. The van der Waals surface area contributed by atoms with Crippen LogP contribution in [0.2, 0.25) is 0 Å². The number of rotatable bonds is 1. The predicted molar refractivity (Wildman–Crippen MR) is 104 cm³/mol. The Labute approximate surface area is 150 Å². The zero-order valence-electron chi connectivity index (χ0n) is 13.8. The Kier molecular flexibility index (Phi) is 3.09. The van der Waals surface area contributed by atoms with E-state index < -0.39 is 0 Å². The van der Waals surface area contributed by atoms with Crippen molar-refractivity contribution in [1.29, 1.82) is 0 Å². The van der Waals surface area contributed by atoms with Gasteiger partial charge in [-0.1, -0.05) is 42.5 Å². The van der Waals surface area contributed by atoms with Gasteiger partial charge in [-0.25, -0.2) is 0 Å². The summed E-state index contributed by atoms with van der Waals surface area (Å²) in [6.07, 6.45) is 3.85. The molecule has 0 aliphatic heterocycles. The number of aromatic hydroxyl groups is 2. The molecule has 0 radical (unpaired) electrons. The molecule has 1 aliphatic carbocycles. The molecule has 0 unspecified atom stereocenters. The SMILES string of the molecule is Oc1ccc2c(c1O)/C(=C/c1ccnc3ccccc13)c1ccccc1-2. The first-order valence-electron chi connectivity index (χ1n) is 8.44. The second-order valence-corrected chi connectivity index (χ2v) is 6.38. The Morgan fingerprint density at radius 2 is 1.50 bits per heavy atom. The van der Waals surface area contributed by atoms with Gasteiger partial charge in [-0.05, 0) is 58.2 Å². The van der Waals surface area contributed by atoms with E-state index in [1.54, 1.807) is 6.20 Å². The van der Waals surface area contributed by atoms with Crippen LogP contribution in [0.15, 0.2) is 72.9 Å². The van der Waals surface area contributed by atoms with E-state index in [0.29, 0.717) is 5.56 Å². The second-order valence-electron chi connectivity index (χ2n) is 6.38. The van der Waals surface area contributed by atoms with Gasteiger partial charge in [-0.2, -0.15) is 0 Å². The normalized spacial score (nSPS) is 13.8. The first-order valence-corrected chi connectivity index (χ1v) is 8.44. The van der Waals surface area contributed by atoms with Gasteiger partial charge in [0, 0.05) is 17.1 Å². The Morgan fingerprint density at radius 3 is 2.38 bits per heavy atom. The molecule has 1 heterocycles.